The number of nitrogens with one attached hydrogen (secondary N) is 2. The summed E-state index contributed by atoms with van der Waals surface area (Å²) in [6.45, 7) is 3.53. The molecule has 1 amide bonds. The molecule has 0 radical (unpaired) electrons. The number of sulfonamides is 1. The molecular weight excluding hydrogens is 240 g/mol. The van der Waals surface area contributed by atoms with Crippen molar-refractivity contribution in [1.82, 2.24) is 0 Å². The van der Waals surface area contributed by atoms with Gasteiger partial charge in [0.15, 0.2) is 0 Å². The van der Waals surface area contributed by atoms with Gasteiger partial charge in [-0.05, 0) is 12.1 Å². The van der Waals surface area contributed by atoms with Crippen LogP contribution in [-0.2, 0) is 14.8 Å². The summed E-state index contributed by atoms with van der Waals surface area (Å²) in [6, 6.07) is 6.66. The van der Waals surface area contributed by atoms with Gasteiger partial charge in [-0.2, -0.15) is 0 Å². The molecule has 0 atom stereocenters. The van der Waals surface area contributed by atoms with Crippen molar-refractivity contribution in [3.05, 3.63) is 24.3 Å². The van der Waals surface area contributed by atoms with Gasteiger partial charge in [0.25, 0.3) is 0 Å². The Bertz CT molecular complexity index is 509. The van der Waals surface area contributed by atoms with E-state index in [0.29, 0.717) is 11.4 Å². The van der Waals surface area contributed by atoms with Gasteiger partial charge in [-0.15, -0.1) is 0 Å². The molecule has 0 saturated carbocycles. The normalized spacial score (nSPS) is 11.3. The molecule has 0 aliphatic carbocycles. The van der Waals surface area contributed by atoms with Gasteiger partial charge in [0.1, 0.15) is 0 Å². The van der Waals surface area contributed by atoms with Crippen molar-refractivity contribution < 1.29 is 13.2 Å². The fraction of sp³-hybridized carbons (Fsp3) is 0.364. The first kappa shape index (κ1) is 13.5. The lowest BCUT2D eigenvalue weighted by Gasteiger charge is -2.12. The molecule has 1 aromatic carbocycles. The fourth-order valence-electron chi connectivity index (χ4n) is 1.16. The highest BCUT2D eigenvalue weighted by atomic mass is 32.2. The van der Waals surface area contributed by atoms with Gasteiger partial charge in [0.05, 0.1) is 17.6 Å². The highest BCUT2D eigenvalue weighted by Crippen LogP contribution is 2.22. The smallest absolute Gasteiger partial charge is 0.229 e. The third kappa shape index (κ3) is 4.44. The molecule has 1 aromatic rings. The SMILES string of the molecule is CC(C)C(=O)Nc1ccccc1NS(C)(=O)=O. The van der Waals surface area contributed by atoms with Crippen LogP contribution in [-0.4, -0.2) is 20.6 Å². The second-order valence-electron chi connectivity index (χ2n) is 4.06. The largest absolute Gasteiger partial charge is 0.324 e. The van der Waals surface area contributed by atoms with Gasteiger partial charge < -0.3 is 5.32 Å². The van der Waals surface area contributed by atoms with Crippen molar-refractivity contribution in [2.24, 2.45) is 5.92 Å². The number of carbonyl (C=O) groups excluding carboxylic acids is 1. The summed E-state index contributed by atoms with van der Waals surface area (Å²) in [5, 5.41) is 2.67. The van der Waals surface area contributed by atoms with Gasteiger partial charge in [0.2, 0.25) is 15.9 Å². The summed E-state index contributed by atoms with van der Waals surface area (Å²) >= 11 is 0. The standard InChI is InChI=1S/C11H16N2O3S/c1-8(2)11(14)12-9-6-4-5-7-10(9)13-17(3,15)16/h4-8,13H,1-3H3,(H,12,14). The molecule has 0 spiro atoms. The van der Waals surface area contributed by atoms with Gasteiger partial charge in [-0.1, -0.05) is 26.0 Å². The Hall–Kier alpha value is -1.56. The van der Waals surface area contributed by atoms with Gasteiger partial charge in [-0.25, -0.2) is 8.42 Å². The Kier molecular flexibility index (Phi) is 4.11. The van der Waals surface area contributed by atoms with E-state index in [-0.39, 0.29) is 11.8 Å². The quantitative estimate of drug-likeness (QED) is 0.860. The van der Waals surface area contributed by atoms with Crippen molar-refractivity contribution in [3.8, 4) is 0 Å². The second kappa shape index (κ2) is 5.18. The zero-order chi connectivity index (χ0) is 13.1. The summed E-state index contributed by atoms with van der Waals surface area (Å²) in [7, 11) is -3.36. The van der Waals surface area contributed by atoms with Crippen LogP contribution in [0.5, 0.6) is 0 Å². The molecule has 2 N–H and O–H groups in total. The zero-order valence-corrected chi connectivity index (χ0v) is 10.8. The third-order valence-corrected chi connectivity index (χ3v) is 2.60. The third-order valence-electron chi connectivity index (χ3n) is 2.00. The van der Waals surface area contributed by atoms with E-state index in [0.717, 1.165) is 6.26 Å². The lowest BCUT2D eigenvalue weighted by Crippen LogP contribution is -2.19. The Morgan fingerprint density at radius 1 is 1.18 bits per heavy atom. The maximum Gasteiger partial charge on any atom is 0.229 e. The second-order valence-corrected chi connectivity index (χ2v) is 5.81. The molecule has 94 valence electrons. The Balaban J connectivity index is 2.96. The highest BCUT2D eigenvalue weighted by Gasteiger charge is 2.11. The van der Waals surface area contributed by atoms with Crippen LogP contribution in [0, 0.1) is 5.92 Å². The van der Waals surface area contributed by atoms with Crippen LogP contribution in [0.25, 0.3) is 0 Å². The van der Waals surface area contributed by atoms with Crippen LogP contribution in [0.1, 0.15) is 13.8 Å². The zero-order valence-electron chi connectivity index (χ0n) is 10.0. The summed E-state index contributed by atoms with van der Waals surface area (Å²) in [6.07, 6.45) is 1.06. The molecule has 5 nitrogen and oxygen atoms in total. The average Bonchev–Trinajstić information content (AvgIpc) is 2.18. The molecule has 0 fully saturated rings. The van der Waals surface area contributed by atoms with E-state index < -0.39 is 10.0 Å². The minimum Gasteiger partial charge on any atom is -0.324 e. The summed E-state index contributed by atoms with van der Waals surface area (Å²) in [4.78, 5) is 11.5. The topological polar surface area (TPSA) is 75.3 Å². The summed E-state index contributed by atoms with van der Waals surface area (Å²) in [5.74, 6) is -0.325. The van der Waals surface area contributed by atoms with Crippen LogP contribution in [0.15, 0.2) is 24.3 Å². The number of para-hydroxylation sites is 2. The Morgan fingerprint density at radius 2 is 1.71 bits per heavy atom. The van der Waals surface area contributed by atoms with Gasteiger partial charge in [0, 0.05) is 5.92 Å². The molecule has 0 aliphatic rings. The van der Waals surface area contributed by atoms with Crippen LogP contribution < -0.4 is 10.0 Å². The number of anilines is 2. The number of carbonyl (C=O) groups is 1. The molecule has 0 aliphatic heterocycles. The van der Waals surface area contributed by atoms with E-state index in [4.69, 9.17) is 0 Å². The molecule has 0 heterocycles. The van der Waals surface area contributed by atoms with Crippen LogP contribution in [0.3, 0.4) is 0 Å². The molecule has 0 bridgehead atoms. The van der Waals surface area contributed by atoms with E-state index in [1.54, 1.807) is 38.1 Å². The number of hydrogen-bond acceptors (Lipinski definition) is 3. The Morgan fingerprint density at radius 3 is 2.18 bits per heavy atom. The monoisotopic (exact) mass is 256 g/mol. The number of rotatable bonds is 4. The molecule has 17 heavy (non-hydrogen) atoms. The molecule has 0 saturated heterocycles. The molecule has 6 heteroatoms. The van der Waals surface area contributed by atoms with Crippen molar-refractivity contribution in [2.75, 3.05) is 16.3 Å². The predicted molar refractivity (Wildman–Crippen MR) is 68.4 cm³/mol. The first-order valence-corrected chi connectivity index (χ1v) is 7.06. The van der Waals surface area contributed by atoms with Crippen molar-refractivity contribution >= 4 is 27.3 Å². The van der Waals surface area contributed by atoms with Crippen molar-refractivity contribution in [1.29, 1.82) is 0 Å². The minimum absolute atomic E-state index is 0.159. The lowest BCUT2D eigenvalue weighted by molar-refractivity contribution is -0.118. The van der Waals surface area contributed by atoms with Gasteiger partial charge in [-0.3, -0.25) is 9.52 Å². The average molecular weight is 256 g/mol. The first-order valence-electron chi connectivity index (χ1n) is 5.17. The maximum absolute atomic E-state index is 11.5. The van der Waals surface area contributed by atoms with Gasteiger partial charge >= 0.3 is 0 Å². The molecule has 0 aromatic heterocycles. The maximum atomic E-state index is 11.5. The minimum atomic E-state index is -3.36. The highest BCUT2D eigenvalue weighted by molar-refractivity contribution is 7.92. The molecular formula is C11H16N2O3S. The Labute approximate surface area is 101 Å². The number of benzene rings is 1. The van der Waals surface area contributed by atoms with E-state index in [2.05, 4.69) is 10.0 Å². The number of hydrogen-bond donors (Lipinski definition) is 2. The van der Waals surface area contributed by atoms with E-state index in [9.17, 15) is 13.2 Å². The van der Waals surface area contributed by atoms with Crippen molar-refractivity contribution in [2.45, 2.75) is 13.8 Å². The van der Waals surface area contributed by atoms with Crippen molar-refractivity contribution in [3.63, 3.8) is 0 Å². The van der Waals surface area contributed by atoms with Crippen LogP contribution in [0.2, 0.25) is 0 Å². The fourth-order valence-corrected chi connectivity index (χ4v) is 1.74. The van der Waals surface area contributed by atoms with E-state index in [1.165, 1.54) is 0 Å². The van der Waals surface area contributed by atoms with Crippen LogP contribution in [0.4, 0.5) is 11.4 Å². The first-order chi connectivity index (χ1) is 7.79. The summed E-state index contributed by atoms with van der Waals surface area (Å²) < 4.78 is 24.6. The molecule has 1 rings (SSSR count). The lowest BCUT2D eigenvalue weighted by atomic mass is 10.2. The van der Waals surface area contributed by atoms with E-state index in [1.807, 2.05) is 0 Å². The predicted octanol–water partition coefficient (Wildman–Crippen LogP) is 1.65. The summed E-state index contributed by atoms with van der Waals surface area (Å²) in [5.41, 5.74) is 0.820. The van der Waals surface area contributed by atoms with Crippen LogP contribution >= 0.6 is 0 Å². The molecule has 0 unspecified atom stereocenters. The van der Waals surface area contributed by atoms with E-state index >= 15 is 0 Å². The number of amides is 1.